The third kappa shape index (κ3) is 4.29. The van der Waals surface area contributed by atoms with Crippen molar-refractivity contribution in [3.8, 4) is 0 Å². The van der Waals surface area contributed by atoms with Crippen molar-refractivity contribution < 1.29 is 9.90 Å². The van der Waals surface area contributed by atoms with Crippen LogP contribution in [-0.2, 0) is 4.79 Å². The number of fused-ring (bicyclic) bond motifs is 1. The molecule has 3 aromatic rings. The second-order valence-electron chi connectivity index (χ2n) is 11.0. The smallest absolute Gasteiger partial charge is 0.224 e. The lowest BCUT2D eigenvalue weighted by Crippen LogP contribution is -2.47. The van der Waals surface area contributed by atoms with Crippen LogP contribution in [0, 0.1) is 23.2 Å². The van der Waals surface area contributed by atoms with Crippen molar-refractivity contribution in [3.63, 3.8) is 0 Å². The Labute approximate surface area is 201 Å². The summed E-state index contributed by atoms with van der Waals surface area (Å²) < 4.78 is 0. The van der Waals surface area contributed by atoms with Crippen LogP contribution in [0.5, 0.6) is 0 Å². The van der Waals surface area contributed by atoms with Gasteiger partial charge in [0.15, 0.2) is 0 Å². The summed E-state index contributed by atoms with van der Waals surface area (Å²) in [5, 5.41) is 18.0. The van der Waals surface area contributed by atoms with Gasteiger partial charge in [0.25, 0.3) is 0 Å². The van der Waals surface area contributed by atoms with E-state index in [0.717, 1.165) is 39.9 Å². The molecule has 0 saturated heterocycles. The van der Waals surface area contributed by atoms with Gasteiger partial charge in [-0.05, 0) is 73.3 Å². The SMILES string of the molecule is O=C(CC12CC3CC(CC(C3)C1)C2)Nc1cc(NCC(O)c2ccccc2)nc2ccccc12. The number of aliphatic hydroxyl groups is 1. The Balaban J connectivity index is 1.19. The van der Waals surface area contributed by atoms with Crippen molar-refractivity contribution in [1.82, 2.24) is 4.98 Å². The molecule has 1 atom stereocenters. The summed E-state index contributed by atoms with van der Waals surface area (Å²) >= 11 is 0. The number of carbonyl (C=O) groups is 1. The summed E-state index contributed by atoms with van der Waals surface area (Å²) in [6.07, 6.45) is 7.85. The molecule has 4 fully saturated rings. The van der Waals surface area contributed by atoms with Crippen molar-refractivity contribution in [2.24, 2.45) is 23.2 Å². The lowest BCUT2D eigenvalue weighted by atomic mass is 9.49. The van der Waals surface area contributed by atoms with Gasteiger partial charge in [0.05, 0.1) is 17.3 Å². The van der Waals surface area contributed by atoms with Crippen molar-refractivity contribution in [2.75, 3.05) is 17.2 Å². The average molecular weight is 456 g/mol. The van der Waals surface area contributed by atoms with Crippen molar-refractivity contribution in [2.45, 2.75) is 51.0 Å². The summed E-state index contributed by atoms with van der Waals surface area (Å²) in [5.74, 6) is 3.29. The van der Waals surface area contributed by atoms with Gasteiger partial charge in [0.1, 0.15) is 5.82 Å². The first-order valence-electron chi connectivity index (χ1n) is 12.7. The number of hydrogen-bond donors (Lipinski definition) is 3. The number of aromatic nitrogens is 1. The third-order valence-corrected chi connectivity index (χ3v) is 8.35. The fraction of sp³-hybridized carbons (Fsp3) is 0.448. The number of amides is 1. The molecular formula is C29H33N3O2. The quantitative estimate of drug-likeness (QED) is 0.413. The van der Waals surface area contributed by atoms with E-state index >= 15 is 0 Å². The number of nitrogens with one attached hydrogen (secondary N) is 2. The number of rotatable bonds is 7. The fourth-order valence-electron chi connectivity index (χ4n) is 7.41. The molecular weight excluding hydrogens is 422 g/mol. The number of pyridine rings is 1. The predicted octanol–water partition coefficient (Wildman–Crippen LogP) is 5.93. The van der Waals surface area contributed by atoms with E-state index in [1.54, 1.807) is 0 Å². The second kappa shape index (κ2) is 8.70. The van der Waals surface area contributed by atoms with Gasteiger partial charge >= 0.3 is 0 Å². The zero-order valence-electron chi connectivity index (χ0n) is 19.5. The number of nitrogens with zero attached hydrogens (tertiary/aromatic N) is 1. The Hall–Kier alpha value is -2.92. The summed E-state index contributed by atoms with van der Waals surface area (Å²) in [5.41, 5.74) is 2.69. The van der Waals surface area contributed by atoms with Gasteiger partial charge in [0.2, 0.25) is 5.91 Å². The molecule has 5 nitrogen and oxygen atoms in total. The monoisotopic (exact) mass is 455 g/mol. The maximum absolute atomic E-state index is 13.3. The van der Waals surface area contributed by atoms with Gasteiger partial charge in [-0.1, -0.05) is 48.5 Å². The van der Waals surface area contributed by atoms with Crippen LogP contribution in [0.4, 0.5) is 11.5 Å². The average Bonchev–Trinajstić information content (AvgIpc) is 2.82. The van der Waals surface area contributed by atoms with E-state index in [2.05, 4.69) is 10.6 Å². The Morgan fingerprint density at radius 2 is 1.62 bits per heavy atom. The number of anilines is 2. The third-order valence-electron chi connectivity index (χ3n) is 8.35. The number of carbonyl (C=O) groups excluding carboxylic acids is 1. The standard InChI is InChI=1S/C29H33N3O2/c33-26(22-6-2-1-3-7-22)18-30-27-13-25(23-8-4-5-9-24(23)31-27)32-28(34)17-29-14-19-10-20(15-29)12-21(11-19)16-29/h1-9,13,19-21,26,33H,10-12,14-18H2,(H2,30,31,32,34). The van der Waals surface area contributed by atoms with E-state index in [0.29, 0.717) is 18.8 Å². The van der Waals surface area contributed by atoms with E-state index < -0.39 is 6.10 Å². The zero-order chi connectivity index (χ0) is 23.1. The number of para-hydroxylation sites is 1. The summed E-state index contributed by atoms with van der Waals surface area (Å²) in [6.45, 7) is 0.343. The minimum absolute atomic E-state index is 0.119. The fourth-order valence-corrected chi connectivity index (χ4v) is 7.41. The van der Waals surface area contributed by atoms with Gasteiger partial charge in [-0.15, -0.1) is 0 Å². The lowest BCUT2D eigenvalue weighted by molar-refractivity contribution is -0.124. The minimum atomic E-state index is -0.636. The molecule has 3 N–H and O–H groups in total. The van der Waals surface area contributed by atoms with Crippen LogP contribution in [0.2, 0.25) is 0 Å². The second-order valence-corrected chi connectivity index (χ2v) is 11.0. The van der Waals surface area contributed by atoms with E-state index in [9.17, 15) is 9.90 Å². The topological polar surface area (TPSA) is 74.2 Å². The maximum Gasteiger partial charge on any atom is 0.224 e. The highest BCUT2D eigenvalue weighted by atomic mass is 16.3. The first kappa shape index (κ1) is 21.6. The van der Waals surface area contributed by atoms with E-state index in [-0.39, 0.29) is 11.3 Å². The number of hydrogen-bond acceptors (Lipinski definition) is 4. The Bertz CT molecular complexity index is 1160. The van der Waals surface area contributed by atoms with Crippen molar-refractivity contribution >= 4 is 28.3 Å². The highest BCUT2D eigenvalue weighted by Crippen LogP contribution is 2.61. The molecule has 4 bridgehead atoms. The summed E-state index contributed by atoms with van der Waals surface area (Å²) in [6, 6.07) is 19.4. The summed E-state index contributed by atoms with van der Waals surface area (Å²) in [4.78, 5) is 18.0. The van der Waals surface area contributed by atoms with Gasteiger partial charge < -0.3 is 15.7 Å². The van der Waals surface area contributed by atoms with Crippen LogP contribution < -0.4 is 10.6 Å². The molecule has 4 aliphatic carbocycles. The van der Waals surface area contributed by atoms with Crippen LogP contribution >= 0.6 is 0 Å². The van der Waals surface area contributed by atoms with Gasteiger partial charge in [-0.2, -0.15) is 0 Å². The van der Waals surface area contributed by atoms with E-state index in [1.165, 1.54) is 38.5 Å². The molecule has 7 rings (SSSR count). The van der Waals surface area contributed by atoms with Crippen molar-refractivity contribution in [1.29, 1.82) is 0 Å². The van der Waals surface area contributed by atoms with Gasteiger partial charge in [-0.3, -0.25) is 4.79 Å². The van der Waals surface area contributed by atoms with Gasteiger partial charge in [0, 0.05) is 24.4 Å². The molecule has 34 heavy (non-hydrogen) atoms. The van der Waals surface area contributed by atoms with Crippen molar-refractivity contribution in [3.05, 3.63) is 66.2 Å². The van der Waals surface area contributed by atoms with E-state index in [1.807, 2.05) is 60.7 Å². The molecule has 176 valence electrons. The Kier molecular flexibility index (Phi) is 5.53. The normalized spacial score (nSPS) is 28.1. The van der Waals surface area contributed by atoms with Crippen LogP contribution in [-0.4, -0.2) is 22.5 Å². The molecule has 5 heteroatoms. The molecule has 1 aromatic heterocycles. The highest BCUT2D eigenvalue weighted by molar-refractivity contribution is 6.02. The van der Waals surface area contributed by atoms with Crippen LogP contribution in [0.1, 0.15) is 56.6 Å². The Morgan fingerprint density at radius 3 is 2.32 bits per heavy atom. The molecule has 4 aliphatic rings. The minimum Gasteiger partial charge on any atom is -0.387 e. The lowest BCUT2D eigenvalue weighted by Gasteiger charge is -2.56. The number of aliphatic hydroxyl groups excluding tert-OH is 1. The first-order chi connectivity index (χ1) is 16.6. The largest absolute Gasteiger partial charge is 0.387 e. The molecule has 2 aromatic carbocycles. The van der Waals surface area contributed by atoms with Crippen LogP contribution in [0.15, 0.2) is 60.7 Å². The first-order valence-corrected chi connectivity index (χ1v) is 12.7. The molecule has 1 amide bonds. The van der Waals surface area contributed by atoms with E-state index in [4.69, 9.17) is 4.98 Å². The predicted molar refractivity (Wildman–Crippen MR) is 135 cm³/mol. The number of benzene rings is 2. The molecule has 1 unspecified atom stereocenters. The molecule has 0 aliphatic heterocycles. The molecule has 1 heterocycles. The maximum atomic E-state index is 13.3. The zero-order valence-corrected chi connectivity index (χ0v) is 19.5. The molecule has 0 spiro atoms. The molecule has 0 radical (unpaired) electrons. The van der Waals surface area contributed by atoms with Crippen LogP contribution in [0.3, 0.4) is 0 Å². The Morgan fingerprint density at radius 1 is 0.971 bits per heavy atom. The van der Waals surface area contributed by atoms with Gasteiger partial charge in [-0.25, -0.2) is 4.98 Å². The summed E-state index contributed by atoms with van der Waals surface area (Å²) in [7, 11) is 0. The highest BCUT2D eigenvalue weighted by Gasteiger charge is 2.51. The molecule has 4 saturated carbocycles. The van der Waals surface area contributed by atoms with Crippen LogP contribution in [0.25, 0.3) is 10.9 Å².